The maximum absolute atomic E-state index is 12.8. The normalized spacial score (nSPS) is 12.7. The number of benzene rings is 1. The largest absolute Gasteiger partial charge is 0.416 e. The van der Waals surface area contributed by atoms with Crippen molar-refractivity contribution in [3.8, 4) is 0 Å². The predicted molar refractivity (Wildman–Crippen MR) is 73.3 cm³/mol. The molecular formula is C15H22F3NO. The molecule has 2 N–H and O–H groups in total. The molecular weight excluding hydrogens is 267 g/mol. The SMILES string of the molecule is CC(C)(CCCO)CNCc1ccccc1C(F)(F)F. The summed E-state index contributed by atoms with van der Waals surface area (Å²) < 4.78 is 38.5. The van der Waals surface area contributed by atoms with Crippen LogP contribution in [0.1, 0.15) is 37.8 Å². The number of nitrogens with one attached hydrogen (secondary N) is 1. The van der Waals surface area contributed by atoms with Gasteiger partial charge in [-0.25, -0.2) is 0 Å². The van der Waals surface area contributed by atoms with E-state index in [1.165, 1.54) is 12.1 Å². The van der Waals surface area contributed by atoms with Crippen LogP contribution in [0.15, 0.2) is 24.3 Å². The molecule has 20 heavy (non-hydrogen) atoms. The Labute approximate surface area is 118 Å². The summed E-state index contributed by atoms with van der Waals surface area (Å²) in [6.07, 6.45) is -2.78. The molecule has 0 aliphatic carbocycles. The van der Waals surface area contributed by atoms with Gasteiger partial charge in [-0.15, -0.1) is 0 Å². The van der Waals surface area contributed by atoms with Gasteiger partial charge in [0.1, 0.15) is 0 Å². The van der Waals surface area contributed by atoms with E-state index in [4.69, 9.17) is 5.11 Å². The molecule has 1 rings (SSSR count). The van der Waals surface area contributed by atoms with E-state index < -0.39 is 11.7 Å². The molecule has 0 unspecified atom stereocenters. The fourth-order valence-corrected chi connectivity index (χ4v) is 2.13. The first-order chi connectivity index (χ1) is 9.26. The summed E-state index contributed by atoms with van der Waals surface area (Å²) in [6.45, 7) is 5.01. The van der Waals surface area contributed by atoms with E-state index >= 15 is 0 Å². The Morgan fingerprint density at radius 1 is 1.15 bits per heavy atom. The van der Waals surface area contributed by atoms with Crippen LogP contribution in [0.3, 0.4) is 0 Å². The van der Waals surface area contributed by atoms with E-state index in [0.29, 0.717) is 13.0 Å². The molecule has 2 nitrogen and oxygen atoms in total. The molecule has 0 atom stereocenters. The second kappa shape index (κ2) is 7.09. The van der Waals surface area contributed by atoms with Crippen molar-refractivity contribution >= 4 is 0 Å². The molecule has 0 aliphatic rings. The van der Waals surface area contributed by atoms with Crippen molar-refractivity contribution in [1.29, 1.82) is 0 Å². The summed E-state index contributed by atoms with van der Waals surface area (Å²) in [5.41, 5.74) is -0.366. The topological polar surface area (TPSA) is 32.3 Å². The molecule has 5 heteroatoms. The van der Waals surface area contributed by atoms with Gasteiger partial charge in [0, 0.05) is 19.7 Å². The van der Waals surface area contributed by atoms with Crippen LogP contribution in [0.5, 0.6) is 0 Å². The van der Waals surface area contributed by atoms with Gasteiger partial charge in [-0.3, -0.25) is 0 Å². The quantitative estimate of drug-likeness (QED) is 0.804. The van der Waals surface area contributed by atoms with E-state index in [2.05, 4.69) is 5.32 Å². The van der Waals surface area contributed by atoms with Crippen molar-refractivity contribution in [2.45, 2.75) is 39.4 Å². The molecule has 0 amide bonds. The van der Waals surface area contributed by atoms with E-state index in [1.54, 1.807) is 6.07 Å². The van der Waals surface area contributed by atoms with Crippen molar-refractivity contribution < 1.29 is 18.3 Å². The minimum absolute atomic E-state index is 0.0457. The minimum atomic E-state index is -4.31. The molecule has 1 aromatic carbocycles. The van der Waals surface area contributed by atoms with E-state index in [9.17, 15) is 13.2 Å². The number of aliphatic hydroxyl groups excluding tert-OH is 1. The van der Waals surface area contributed by atoms with Crippen molar-refractivity contribution in [2.24, 2.45) is 5.41 Å². The Morgan fingerprint density at radius 3 is 2.40 bits per heavy atom. The Balaban J connectivity index is 2.59. The molecule has 0 saturated heterocycles. The number of halogens is 3. The van der Waals surface area contributed by atoms with E-state index in [0.717, 1.165) is 12.5 Å². The van der Waals surface area contributed by atoms with Crippen molar-refractivity contribution in [3.63, 3.8) is 0 Å². The Kier molecular flexibility index (Phi) is 6.02. The first-order valence-electron chi connectivity index (χ1n) is 6.73. The van der Waals surface area contributed by atoms with Gasteiger partial charge in [0.25, 0.3) is 0 Å². The van der Waals surface area contributed by atoms with Crippen LogP contribution in [0.4, 0.5) is 13.2 Å². The van der Waals surface area contributed by atoms with Gasteiger partial charge in [-0.05, 0) is 29.9 Å². The van der Waals surface area contributed by atoms with E-state index in [1.807, 2.05) is 13.8 Å². The minimum Gasteiger partial charge on any atom is -0.396 e. The summed E-state index contributed by atoms with van der Waals surface area (Å²) in [7, 11) is 0. The van der Waals surface area contributed by atoms with Gasteiger partial charge in [-0.1, -0.05) is 32.0 Å². The molecule has 0 saturated carbocycles. The lowest BCUT2D eigenvalue weighted by molar-refractivity contribution is -0.138. The van der Waals surface area contributed by atoms with Crippen molar-refractivity contribution in [3.05, 3.63) is 35.4 Å². The molecule has 0 bridgehead atoms. The number of rotatable bonds is 7. The van der Waals surface area contributed by atoms with Crippen LogP contribution in [-0.2, 0) is 12.7 Å². The lowest BCUT2D eigenvalue weighted by Gasteiger charge is -2.25. The molecule has 0 aromatic heterocycles. The van der Waals surface area contributed by atoms with Crippen LogP contribution in [0.2, 0.25) is 0 Å². The third kappa shape index (κ3) is 5.51. The van der Waals surface area contributed by atoms with Gasteiger partial charge < -0.3 is 10.4 Å². The van der Waals surface area contributed by atoms with Crippen LogP contribution in [-0.4, -0.2) is 18.3 Å². The molecule has 0 spiro atoms. The third-order valence-corrected chi connectivity index (χ3v) is 3.25. The van der Waals surface area contributed by atoms with Gasteiger partial charge in [0.05, 0.1) is 5.56 Å². The van der Waals surface area contributed by atoms with Gasteiger partial charge in [0.2, 0.25) is 0 Å². The number of hydrogen-bond donors (Lipinski definition) is 2. The average Bonchev–Trinajstić information content (AvgIpc) is 2.36. The number of aliphatic hydroxyl groups is 1. The van der Waals surface area contributed by atoms with Crippen molar-refractivity contribution in [1.82, 2.24) is 5.32 Å². The molecule has 0 heterocycles. The number of alkyl halides is 3. The second-order valence-corrected chi connectivity index (χ2v) is 5.75. The van der Waals surface area contributed by atoms with E-state index in [-0.39, 0.29) is 24.1 Å². The van der Waals surface area contributed by atoms with Crippen LogP contribution < -0.4 is 5.32 Å². The van der Waals surface area contributed by atoms with Crippen molar-refractivity contribution in [2.75, 3.05) is 13.2 Å². The highest BCUT2D eigenvalue weighted by atomic mass is 19.4. The highest BCUT2D eigenvalue weighted by Crippen LogP contribution is 2.31. The standard InChI is InChI=1S/C15H22F3NO/c1-14(2,8-5-9-20)11-19-10-12-6-3-4-7-13(12)15(16,17)18/h3-4,6-7,19-20H,5,8-11H2,1-2H3. The summed E-state index contributed by atoms with van der Waals surface area (Å²) in [6, 6.07) is 5.62. The monoisotopic (exact) mass is 289 g/mol. The smallest absolute Gasteiger partial charge is 0.396 e. The van der Waals surface area contributed by atoms with Crippen LogP contribution >= 0.6 is 0 Å². The second-order valence-electron chi connectivity index (χ2n) is 5.75. The van der Waals surface area contributed by atoms with Gasteiger partial charge >= 0.3 is 6.18 Å². The highest BCUT2D eigenvalue weighted by Gasteiger charge is 2.32. The molecule has 0 aliphatic heterocycles. The zero-order valence-electron chi connectivity index (χ0n) is 11.9. The lowest BCUT2D eigenvalue weighted by atomic mass is 9.88. The summed E-state index contributed by atoms with van der Waals surface area (Å²) in [5, 5.41) is 11.9. The maximum atomic E-state index is 12.8. The van der Waals surface area contributed by atoms with Gasteiger partial charge in [0.15, 0.2) is 0 Å². The maximum Gasteiger partial charge on any atom is 0.416 e. The van der Waals surface area contributed by atoms with Crippen LogP contribution in [0, 0.1) is 5.41 Å². The van der Waals surface area contributed by atoms with Crippen LogP contribution in [0.25, 0.3) is 0 Å². The Morgan fingerprint density at radius 2 is 1.80 bits per heavy atom. The molecule has 1 aromatic rings. The molecule has 0 radical (unpaired) electrons. The molecule has 114 valence electrons. The summed E-state index contributed by atoms with van der Waals surface area (Å²) in [5.74, 6) is 0. The third-order valence-electron chi connectivity index (χ3n) is 3.25. The Bertz CT molecular complexity index is 416. The number of hydrogen-bond acceptors (Lipinski definition) is 2. The highest BCUT2D eigenvalue weighted by molar-refractivity contribution is 5.29. The zero-order chi connectivity index (χ0) is 15.2. The first kappa shape index (κ1) is 17.0. The first-order valence-corrected chi connectivity index (χ1v) is 6.73. The average molecular weight is 289 g/mol. The molecule has 0 fully saturated rings. The fourth-order valence-electron chi connectivity index (χ4n) is 2.13. The zero-order valence-corrected chi connectivity index (χ0v) is 11.9. The Hall–Kier alpha value is -1.07. The lowest BCUT2D eigenvalue weighted by Crippen LogP contribution is -2.30. The summed E-state index contributed by atoms with van der Waals surface area (Å²) >= 11 is 0. The fraction of sp³-hybridized carbons (Fsp3) is 0.600. The predicted octanol–water partition coefficient (Wildman–Crippen LogP) is 3.59. The van der Waals surface area contributed by atoms with Gasteiger partial charge in [-0.2, -0.15) is 13.2 Å². The summed E-state index contributed by atoms with van der Waals surface area (Å²) in [4.78, 5) is 0.